The molecule has 0 bridgehead atoms. The first-order chi connectivity index (χ1) is 6.70. The van der Waals surface area contributed by atoms with E-state index >= 15 is 0 Å². The highest BCUT2D eigenvalue weighted by atomic mass is 19.1. The number of hydrogen-bond acceptors (Lipinski definition) is 2. The summed E-state index contributed by atoms with van der Waals surface area (Å²) in [6.07, 6.45) is 5.33. The number of ether oxygens (including phenoxy) is 1. The van der Waals surface area contributed by atoms with E-state index in [2.05, 4.69) is 0 Å². The van der Waals surface area contributed by atoms with Crippen LogP contribution >= 0.6 is 0 Å². The van der Waals surface area contributed by atoms with Crippen molar-refractivity contribution in [3.8, 4) is 0 Å². The average molecular weight is 203 g/mol. The van der Waals surface area contributed by atoms with E-state index < -0.39 is 5.67 Å². The Labute approximate surface area is 86.0 Å². The highest BCUT2D eigenvalue weighted by molar-refractivity contribution is 4.81. The predicted octanol–water partition coefficient (Wildman–Crippen LogP) is 2.41. The molecule has 14 heavy (non-hydrogen) atoms. The molecule has 84 valence electrons. The number of halogens is 1. The molecule has 2 nitrogen and oxygen atoms in total. The molecule has 0 spiro atoms. The molecule has 3 heteroatoms. The van der Waals surface area contributed by atoms with E-state index in [9.17, 15) is 4.39 Å². The number of hydrogen-bond donors (Lipinski definition) is 1. The highest BCUT2D eigenvalue weighted by Crippen LogP contribution is 2.27. The first-order valence-corrected chi connectivity index (χ1v) is 5.71. The maximum absolute atomic E-state index is 14.0. The molecule has 0 radical (unpaired) electrons. The van der Waals surface area contributed by atoms with E-state index in [4.69, 9.17) is 10.5 Å². The molecule has 0 aromatic carbocycles. The van der Waals surface area contributed by atoms with Gasteiger partial charge in [0.25, 0.3) is 0 Å². The number of rotatable bonds is 6. The van der Waals surface area contributed by atoms with Crippen molar-refractivity contribution in [1.29, 1.82) is 0 Å². The lowest BCUT2D eigenvalue weighted by molar-refractivity contribution is 0.0715. The van der Waals surface area contributed by atoms with Crippen molar-refractivity contribution in [3.63, 3.8) is 0 Å². The van der Waals surface area contributed by atoms with Gasteiger partial charge < -0.3 is 10.5 Å². The fourth-order valence-electron chi connectivity index (χ4n) is 2.07. The van der Waals surface area contributed by atoms with Crippen molar-refractivity contribution in [3.05, 3.63) is 0 Å². The van der Waals surface area contributed by atoms with Gasteiger partial charge in [-0.3, -0.25) is 0 Å². The van der Waals surface area contributed by atoms with E-state index in [-0.39, 0.29) is 12.6 Å². The Morgan fingerprint density at radius 3 is 2.79 bits per heavy atom. The van der Waals surface area contributed by atoms with Crippen LogP contribution in [-0.2, 0) is 4.74 Å². The third-order valence-corrected chi connectivity index (χ3v) is 3.00. The summed E-state index contributed by atoms with van der Waals surface area (Å²) in [6.45, 7) is 2.99. The molecule has 0 aliphatic carbocycles. The van der Waals surface area contributed by atoms with Crippen LogP contribution < -0.4 is 5.73 Å². The maximum atomic E-state index is 14.0. The van der Waals surface area contributed by atoms with Crippen LogP contribution in [-0.4, -0.2) is 24.9 Å². The number of nitrogens with two attached hydrogens (primary N) is 1. The molecule has 1 rings (SSSR count). The Kier molecular flexibility index (Phi) is 4.82. The van der Waals surface area contributed by atoms with Crippen LogP contribution in [0.25, 0.3) is 0 Å². The van der Waals surface area contributed by atoms with Gasteiger partial charge in [0.2, 0.25) is 0 Å². The van der Waals surface area contributed by atoms with Gasteiger partial charge in [0.15, 0.2) is 0 Å². The molecule has 0 amide bonds. The van der Waals surface area contributed by atoms with Gasteiger partial charge in [0.1, 0.15) is 5.67 Å². The van der Waals surface area contributed by atoms with Crippen molar-refractivity contribution in [2.75, 3.05) is 13.2 Å². The monoisotopic (exact) mass is 203 g/mol. The smallest absolute Gasteiger partial charge is 0.123 e. The van der Waals surface area contributed by atoms with Gasteiger partial charge in [-0.2, -0.15) is 0 Å². The van der Waals surface area contributed by atoms with Gasteiger partial charge in [-0.05, 0) is 32.1 Å². The normalized spacial score (nSPS) is 26.4. The Balaban J connectivity index is 2.25. The summed E-state index contributed by atoms with van der Waals surface area (Å²) >= 11 is 0. The lowest BCUT2D eigenvalue weighted by Crippen LogP contribution is -2.33. The second-order valence-electron chi connectivity index (χ2n) is 4.28. The van der Waals surface area contributed by atoms with Crippen molar-refractivity contribution in [2.24, 2.45) is 5.73 Å². The molecule has 2 N–H and O–H groups in total. The summed E-state index contributed by atoms with van der Waals surface area (Å²) in [7, 11) is 0. The molecule has 2 unspecified atom stereocenters. The van der Waals surface area contributed by atoms with Gasteiger partial charge >= 0.3 is 0 Å². The van der Waals surface area contributed by atoms with Crippen LogP contribution in [0, 0.1) is 0 Å². The minimum atomic E-state index is -1.15. The zero-order chi connectivity index (χ0) is 10.4. The molecule has 1 saturated heterocycles. The molecule has 0 aromatic heterocycles. The van der Waals surface area contributed by atoms with Crippen molar-refractivity contribution < 1.29 is 9.13 Å². The molecule has 0 saturated carbocycles. The predicted molar refractivity (Wildman–Crippen MR) is 56.0 cm³/mol. The van der Waals surface area contributed by atoms with Gasteiger partial charge in [-0.15, -0.1) is 0 Å². The summed E-state index contributed by atoms with van der Waals surface area (Å²) in [5.74, 6) is 0. The molecular weight excluding hydrogens is 181 g/mol. The van der Waals surface area contributed by atoms with Crippen LogP contribution in [0.1, 0.15) is 45.4 Å². The van der Waals surface area contributed by atoms with Crippen LogP contribution in [0.15, 0.2) is 0 Å². The van der Waals surface area contributed by atoms with Crippen molar-refractivity contribution >= 4 is 0 Å². The Morgan fingerprint density at radius 2 is 2.29 bits per heavy atom. The van der Waals surface area contributed by atoms with Gasteiger partial charge in [0, 0.05) is 13.2 Å². The second kappa shape index (κ2) is 5.66. The lowest BCUT2D eigenvalue weighted by atomic mass is 9.92. The van der Waals surface area contributed by atoms with E-state index in [0.29, 0.717) is 12.8 Å². The SMILES string of the molecule is CCCC(F)(CN)CCC1CCCO1. The highest BCUT2D eigenvalue weighted by Gasteiger charge is 2.28. The summed E-state index contributed by atoms with van der Waals surface area (Å²) in [5, 5.41) is 0. The van der Waals surface area contributed by atoms with Gasteiger partial charge in [0.05, 0.1) is 6.10 Å². The molecule has 1 fully saturated rings. The van der Waals surface area contributed by atoms with Crippen molar-refractivity contribution in [1.82, 2.24) is 0 Å². The molecule has 1 aliphatic heterocycles. The van der Waals surface area contributed by atoms with Crippen LogP contribution in [0.4, 0.5) is 4.39 Å². The van der Waals surface area contributed by atoms with E-state index in [0.717, 1.165) is 32.3 Å². The van der Waals surface area contributed by atoms with Gasteiger partial charge in [-0.25, -0.2) is 4.39 Å². The molecule has 1 heterocycles. The van der Waals surface area contributed by atoms with E-state index in [1.165, 1.54) is 0 Å². The molecular formula is C11H22FNO. The third-order valence-electron chi connectivity index (χ3n) is 3.00. The maximum Gasteiger partial charge on any atom is 0.123 e. The van der Waals surface area contributed by atoms with Crippen LogP contribution in [0.3, 0.4) is 0 Å². The number of alkyl halides is 1. The Hall–Kier alpha value is -0.150. The first-order valence-electron chi connectivity index (χ1n) is 5.71. The third kappa shape index (κ3) is 3.54. The summed E-state index contributed by atoms with van der Waals surface area (Å²) < 4.78 is 19.5. The minimum Gasteiger partial charge on any atom is -0.378 e. The Bertz CT molecular complexity index is 159. The lowest BCUT2D eigenvalue weighted by Gasteiger charge is -2.24. The molecule has 1 aliphatic rings. The molecule has 0 aromatic rings. The largest absolute Gasteiger partial charge is 0.378 e. The summed E-state index contributed by atoms with van der Waals surface area (Å²) in [5.41, 5.74) is 4.31. The van der Waals surface area contributed by atoms with E-state index in [1.54, 1.807) is 0 Å². The topological polar surface area (TPSA) is 35.2 Å². The first kappa shape index (κ1) is 11.9. The zero-order valence-corrected chi connectivity index (χ0v) is 9.10. The fraction of sp³-hybridized carbons (Fsp3) is 1.00. The van der Waals surface area contributed by atoms with E-state index in [1.807, 2.05) is 6.92 Å². The zero-order valence-electron chi connectivity index (χ0n) is 9.10. The Morgan fingerprint density at radius 1 is 1.50 bits per heavy atom. The fourth-order valence-corrected chi connectivity index (χ4v) is 2.07. The second-order valence-corrected chi connectivity index (χ2v) is 4.28. The van der Waals surface area contributed by atoms with Crippen LogP contribution in [0.5, 0.6) is 0 Å². The minimum absolute atomic E-state index is 0.146. The summed E-state index contributed by atoms with van der Waals surface area (Å²) in [4.78, 5) is 0. The van der Waals surface area contributed by atoms with Crippen LogP contribution in [0.2, 0.25) is 0 Å². The molecule has 2 atom stereocenters. The quantitative estimate of drug-likeness (QED) is 0.719. The standard InChI is InChI=1S/C11H22FNO/c1-2-6-11(12,9-13)7-5-10-4-3-8-14-10/h10H,2-9,13H2,1H3. The van der Waals surface area contributed by atoms with Crippen molar-refractivity contribution in [2.45, 2.75) is 57.2 Å². The van der Waals surface area contributed by atoms with Gasteiger partial charge in [-0.1, -0.05) is 13.3 Å². The summed E-state index contributed by atoms with van der Waals surface area (Å²) in [6, 6.07) is 0. The average Bonchev–Trinajstić information content (AvgIpc) is 2.68.